The first-order valence-corrected chi connectivity index (χ1v) is 6.26. The summed E-state index contributed by atoms with van der Waals surface area (Å²) in [6.07, 6.45) is 3.05. The largest absolute Gasteiger partial charge is 0.372 e. The van der Waals surface area contributed by atoms with E-state index in [1.165, 1.54) is 0 Å². The smallest absolute Gasteiger partial charge is 0.248 e. The molecule has 0 aromatic carbocycles. The van der Waals surface area contributed by atoms with Gasteiger partial charge in [0, 0.05) is 25.7 Å². The molecule has 1 aliphatic rings. The van der Waals surface area contributed by atoms with Crippen molar-refractivity contribution in [2.45, 2.75) is 39.2 Å². The number of piperidine rings is 1. The summed E-state index contributed by atoms with van der Waals surface area (Å²) in [6.45, 7) is 6.51. The van der Waals surface area contributed by atoms with Crippen molar-refractivity contribution >= 4 is 5.91 Å². The van der Waals surface area contributed by atoms with E-state index < -0.39 is 0 Å². The number of nitrogens with zero attached hydrogens (tertiary/aromatic N) is 1. The summed E-state index contributed by atoms with van der Waals surface area (Å²) in [6, 6.07) is 0.210. The van der Waals surface area contributed by atoms with Crippen molar-refractivity contribution in [3.63, 3.8) is 0 Å². The van der Waals surface area contributed by atoms with Crippen LogP contribution in [0.4, 0.5) is 0 Å². The fraction of sp³-hybridized carbons (Fsp3) is 0.917. The summed E-state index contributed by atoms with van der Waals surface area (Å²) >= 11 is 0. The molecule has 4 nitrogen and oxygen atoms in total. The van der Waals surface area contributed by atoms with Crippen LogP contribution in [-0.4, -0.2) is 43.2 Å². The van der Waals surface area contributed by atoms with Crippen LogP contribution in [-0.2, 0) is 9.53 Å². The minimum atomic E-state index is 0.0933. The van der Waals surface area contributed by atoms with Crippen molar-refractivity contribution in [1.29, 1.82) is 0 Å². The molecule has 2 N–H and O–H groups in total. The van der Waals surface area contributed by atoms with Crippen molar-refractivity contribution < 1.29 is 9.53 Å². The Balaban J connectivity index is 2.40. The zero-order valence-corrected chi connectivity index (χ0v) is 10.4. The monoisotopic (exact) mass is 228 g/mol. The van der Waals surface area contributed by atoms with Crippen LogP contribution >= 0.6 is 0 Å². The Bertz CT molecular complexity index is 221. The molecule has 0 aromatic rings. The van der Waals surface area contributed by atoms with Crippen LogP contribution in [0.25, 0.3) is 0 Å². The van der Waals surface area contributed by atoms with E-state index in [4.69, 9.17) is 10.5 Å². The van der Waals surface area contributed by atoms with Gasteiger partial charge in [-0.3, -0.25) is 4.79 Å². The molecule has 1 fully saturated rings. The highest BCUT2D eigenvalue weighted by molar-refractivity contribution is 5.77. The molecule has 0 radical (unpaired) electrons. The van der Waals surface area contributed by atoms with Crippen LogP contribution in [0.2, 0.25) is 0 Å². The highest BCUT2D eigenvalue weighted by Crippen LogP contribution is 2.21. The summed E-state index contributed by atoms with van der Waals surface area (Å²) < 4.78 is 5.29. The summed E-state index contributed by atoms with van der Waals surface area (Å²) in [4.78, 5) is 13.8. The molecule has 1 saturated heterocycles. The minimum Gasteiger partial charge on any atom is -0.372 e. The highest BCUT2D eigenvalue weighted by Gasteiger charge is 2.28. The second kappa shape index (κ2) is 6.86. The fourth-order valence-electron chi connectivity index (χ4n) is 2.19. The number of amides is 1. The number of carbonyl (C=O) groups excluding carboxylic acids is 1. The van der Waals surface area contributed by atoms with Crippen molar-refractivity contribution in [2.24, 2.45) is 11.7 Å². The third-order valence-electron chi connectivity index (χ3n) is 3.14. The molecule has 0 aliphatic carbocycles. The van der Waals surface area contributed by atoms with E-state index >= 15 is 0 Å². The molecule has 1 aliphatic heterocycles. The van der Waals surface area contributed by atoms with Gasteiger partial charge in [-0.15, -0.1) is 0 Å². The predicted molar refractivity (Wildman–Crippen MR) is 64.1 cm³/mol. The standard InChI is InChI=1S/C12H24N2O2/c1-3-6-16-9-12(15)14-5-4-10(2)7-11(14)8-13/h10-11H,3-9,13H2,1-2H3. The van der Waals surface area contributed by atoms with Crippen molar-refractivity contribution in [3.05, 3.63) is 0 Å². The molecule has 2 unspecified atom stereocenters. The maximum Gasteiger partial charge on any atom is 0.248 e. The molecule has 1 heterocycles. The lowest BCUT2D eigenvalue weighted by atomic mass is 9.92. The van der Waals surface area contributed by atoms with Gasteiger partial charge in [0.1, 0.15) is 6.61 Å². The van der Waals surface area contributed by atoms with Crippen LogP contribution in [0.5, 0.6) is 0 Å². The first kappa shape index (κ1) is 13.5. The van der Waals surface area contributed by atoms with Gasteiger partial charge >= 0.3 is 0 Å². The Hall–Kier alpha value is -0.610. The van der Waals surface area contributed by atoms with Gasteiger partial charge in [-0.1, -0.05) is 13.8 Å². The van der Waals surface area contributed by atoms with Crippen LogP contribution < -0.4 is 5.73 Å². The lowest BCUT2D eigenvalue weighted by Crippen LogP contribution is -2.50. The molecule has 2 atom stereocenters. The number of carbonyl (C=O) groups is 1. The molecule has 0 bridgehead atoms. The number of nitrogens with two attached hydrogens (primary N) is 1. The fourth-order valence-corrected chi connectivity index (χ4v) is 2.19. The molecule has 0 spiro atoms. The van der Waals surface area contributed by atoms with Gasteiger partial charge in [0.25, 0.3) is 0 Å². The summed E-state index contributed by atoms with van der Waals surface area (Å²) in [5.41, 5.74) is 5.71. The Kier molecular flexibility index (Phi) is 5.77. The van der Waals surface area contributed by atoms with E-state index in [-0.39, 0.29) is 18.6 Å². The van der Waals surface area contributed by atoms with E-state index in [9.17, 15) is 4.79 Å². The maximum absolute atomic E-state index is 11.9. The minimum absolute atomic E-state index is 0.0933. The topological polar surface area (TPSA) is 55.6 Å². The summed E-state index contributed by atoms with van der Waals surface area (Å²) in [5.74, 6) is 0.768. The lowest BCUT2D eigenvalue weighted by molar-refractivity contribution is -0.140. The Morgan fingerprint density at radius 3 is 2.94 bits per heavy atom. The number of rotatable bonds is 5. The summed E-state index contributed by atoms with van der Waals surface area (Å²) in [5, 5.41) is 0. The van der Waals surface area contributed by atoms with Crippen LogP contribution in [0.1, 0.15) is 33.1 Å². The molecule has 16 heavy (non-hydrogen) atoms. The number of likely N-dealkylation sites (tertiary alicyclic amines) is 1. The first-order chi connectivity index (χ1) is 7.69. The first-order valence-electron chi connectivity index (χ1n) is 6.26. The average Bonchev–Trinajstić information content (AvgIpc) is 2.29. The average molecular weight is 228 g/mol. The van der Waals surface area contributed by atoms with Gasteiger partial charge in [-0.2, -0.15) is 0 Å². The quantitative estimate of drug-likeness (QED) is 0.714. The maximum atomic E-state index is 11.9. The zero-order chi connectivity index (χ0) is 12.0. The van der Waals surface area contributed by atoms with Crippen molar-refractivity contribution in [2.75, 3.05) is 26.3 Å². The van der Waals surface area contributed by atoms with E-state index in [0.29, 0.717) is 19.1 Å². The molecule has 1 amide bonds. The Morgan fingerprint density at radius 2 is 2.31 bits per heavy atom. The van der Waals surface area contributed by atoms with Gasteiger partial charge in [-0.05, 0) is 25.2 Å². The molecule has 94 valence electrons. The Morgan fingerprint density at radius 1 is 1.56 bits per heavy atom. The third kappa shape index (κ3) is 3.76. The SMILES string of the molecule is CCCOCC(=O)N1CCC(C)CC1CN. The van der Waals surface area contributed by atoms with Gasteiger partial charge in [0.2, 0.25) is 5.91 Å². The molecule has 4 heteroatoms. The number of hydrogen-bond acceptors (Lipinski definition) is 3. The van der Waals surface area contributed by atoms with E-state index in [1.54, 1.807) is 0 Å². The van der Waals surface area contributed by atoms with Gasteiger partial charge in [0.15, 0.2) is 0 Å². The van der Waals surface area contributed by atoms with Crippen LogP contribution in [0, 0.1) is 5.92 Å². The highest BCUT2D eigenvalue weighted by atomic mass is 16.5. The van der Waals surface area contributed by atoms with Gasteiger partial charge in [0.05, 0.1) is 0 Å². The summed E-state index contributed by atoms with van der Waals surface area (Å²) in [7, 11) is 0. The van der Waals surface area contributed by atoms with Crippen molar-refractivity contribution in [1.82, 2.24) is 4.90 Å². The number of ether oxygens (including phenoxy) is 1. The second-order valence-corrected chi connectivity index (χ2v) is 4.66. The van der Waals surface area contributed by atoms with E-state index in [0.717, 1.165) is 25.8 Å². The molecule has 1 rings (SSSR count). The Labute approximate surface area is 98.1 Å². The van der Waals surface area contributed by atoms with Crippen LogP contribution in [0.3, 0.4) is 0 Å². The van der Waals surface area contributed by atoms with Crippen LogP contribution in [0.15, 0.2) is 0 Å². The van der Waals surface area contributed by atoms with Crippen molar-refractivity contribution in [3.8, 4) is 0 Å². The van der Waals surface area contributed by atoms with E-state index in [1.807, 2.05) is 11.8 Å². The molecular formula is C12H24N2O2. The normalized spacial score (nSPS) is 25.8. The molecule has 0 saturated carbocycles. The van der Waals surface area contributed by atoms with Gasteiger partial charge in [-0.25, -0.2) is 0 Å². The molecule has 0 aromatic heterocycles. The molecular weight excluding hydrogens is 204 g/mol. The zero-order valence-electron chi connectivity index (χ0n) is 10.4. The number of hydrogen-bond donors (Lipinski definition) is 1. The predicted octanol–water partition coefficient (Wildman–Crippen LogP) is 0.999. The van der Waals surface area contributed by atoms with Gasteiger partial charge < -0.3 is 15.4 Å². The second-order valence-electron chi connectivity index (χ2n) is 4.66. The van der Waals surface area contributed by atoms with E-state index in [2.05, 4.69) is 6.92 Å². The third-order valence-corrected chi connectivity index (χ3v) is 3.14. The lowest BCUT2D eigenvalue weighted by Gasteiger charge is -2.37.